The Morgan fingerprint density at radius 1 is 1.28 bits per heavy atom. The Balaban J connectivity index is 1.62. The summed E-state index contributed by atoms with van der Waals surface area (Å²) < 4.78 is 0. The first-order valence-electron chi connectivity index (χ1n) is 8.37. The van der Waals surface area contributed by atoms with Crippen molar-refractivity contribution < 1.29 is 14.7 Å². The molecular weight excluding hydrogens is 318 g/mol. The fourth-order valence-corrected chi connectivity index (χ4v) is 2.79. The van der Waals surface area contributed by atoms with Crippen LogP contribution in [0, 0.1) is 0 Å². The molecule has 2 aromatic rings. The third-order valence-corrected chi connectivity index (χ3v) is 4.13. The van der Waals surface area contributed by atoms with Crippen LogP contribution >= 0.6 is 0 Å². The molecule has 2 heterocycles. The van der Waals surface area contributed by atoms with Crippen molar-refractivity contribution in [3.63, 3.8) is 0 Å². The number of aliphatic hydroxyl groups is 1. The first kappa shape index (κ1) is 17.1. The molecular formula is C19H21N3O3. The number of nitrogens with one attached hydrogen (secondary N) is 1. The SMILES string of the molecule is O=C(N[C@@H](CCCO)c1ccccc1)[C@H]1CC(c2cccnc2)=NO1. The molecule has 0 bridgehead atoms. The van der Waals surface area contributed by atoms with Gasteiger partial charge in [0.05, 0.1) is 11.8 Å². The molecule has 0 saturated carbocycles. The summed E-state index contributed by atoms with van der Waals surface area (Å²) in [5, 5.41) is 16.2. The van der Waals surface area contributed by atoms with Gasteiger partial charge in [0, 0.05) is 31.0 Å². The Labute approximate surface area is 146 Å². The first-order valence-corrected chi connectivity index (χ1v) is 8.37. The summed E-state index contributed by atoms with van der Waals surface area (Å²) in [6.07, 6.45) is 4.44. The van der Waals surface area contributed by atoms with Crippen molar-refractivity contribution in [2.45, 2.75) is 31.4 Å². The van der Waals surface area contributed by atoms with Crippen LogP contribution in [0.4, 0.5) is 0 Å². The number of nitrogens with zero attached hydrogens (tertiary/aromatic N) is 2. The zero-order valence-electron chi connectivity index (χ0n) is 13.8. The fraction of sp³-hybridized carbons (Fsp3) is 0.316. The predicted octanol–water partition coefficient (Wildman–Crippen LogP) is 2.20. The minimum absolute atomic E-state index is 0.0907. The molecule has 1 aromatic carbocycles. The molecule has 0 fully saturated rings. The van der Waals surface area contributed by atoms with Gasteiger partial charge < -0.3 is 15.3 Å². The van der Waals surface area contributed by atoms with Gasteiger partial charge in [0.2, 0.25) is 6.10 Å². The van der Waals surface area contributed by atoms with E-state index in [0.29, 0.717) is 19.3 Å². The summed E-state index contributed by atoms with van der Waals surface area (Å²) in [5.41, 5.74) is 2.59. The molecule has 1 aliphatic rings. The molecule has 2 atom stereocenters. The summed E-state index contributed by atoms with van der Waals surface area (Å²) in [6, 6.07) is 13.3. The van der Waals surface area contributed by atoms with Crippen LogP contribution < -0.4 is 5.32 Å². The van der Waals surface area contributed by atoms with E-state index >= 15 is 0 Å². The van der Waals surface area contributed by atoms with Crippen LogP contribution in [0.2, 0.25) is 0 Å². The summed E-state index contributed by atoms with van der Waals surface area (Å²) in [4.78, 5) is 22.0. The topological polar surface area (TPSA) is 83.8 Å². The Hall–Kier alpha value is -2.73. The molecule has 25 heavy (non-hydrogen) atoms. The largest absolute Gasteiger partial charge is 0.396 e. The maximum atomic E-state index is 12.6. The maximum absolute atomic E-state index is 12.6. The quantitative estimate of drug-likeness (QED) is 0.810. The molecule has 1 aliphatic heterocycles. The second-order valence-electron chi connectivity index (χ2n) is 5.92. The number of rotatable bonds is 7. The highest BCUT2D eigenvalue weighted by Crippen LogP contribution is 2.21. The molecule has 6 nitrogen and oxygen atoms in total. The Morgan fingerprint density at radius 2 is 2.12 bits per heavy atom. The lowest BCUT2D eigenvalue weighted by Crippen LogP contribution is -2.37. The van der Waals surface area contributed by atoms with E-state index in [4.69, 9.17) is 9.94 Å². The Kier molecular flexibility index (Phi) is 5.74. The van der Waals surface area contributed by atoms with Crippen LogP contribution in [-0.4, -0.2) is 34.4 Å². The highest BCUT2D eigenvalue weighted by molar-refractivity contribution is 6.03. The third kappa shape index (κ3) is 4.42. The van der Waals surface area contributed by atoms with Gasteiger partial charge in [0.25, 0.3) is 5.91 Å². The lowest BCUT2D eigenvalue weighted by molar-refractivity contribution is -0.132. The van der Waals surface area contributed by atoms with Crippen molar-refractivity contribution >= 4 is 11.6 Å². The molecule has 3 rings (SSSR count). The standard InChI is InChI=1S/C19H21N3O3/c23-11-5-9-16(14-6-2-1-3-7-14)21-19(24)18-12-17(22-25-18)15-8-4-10-20-13-15/h1-4,6-8,10,13,16,18,23H,5,9,11-12H2,(H,21,24)/t16-,18+/m0/s1. The number of carbonyl (C=O) groups excluding carboxylic acids is 1. The number of pyridine rings is 1. The van der Waals surface area contributed by atoms with Crippen LogP contribution in [-0.2, 0) is 9.63 Å². The van der Waals surface area contributed by atoms with Gasteiger partial charge in [0.15, 0.2) is 0 Å². The van der Waals surface area contributed by atoms with E-state index < -0.39 is 6.10 Å². The molecule has 1 amide bonds. The molecule has 0 radical (unpaired) electrons. The van der Waals surface area contributed by atoms with Gasteiger partial charge in [-0.25, -0.2) is 0 Å². The van der Waals surface area contributed by atoms with Crippen LogP contribution in [0.15, 0.2) is 60.0 Å². The normalized spacial score (nSPS) is 17.5. The second-order valence-corrected chi connectivity index (χ2v) is 5.92. The monoisotopic (exact) mass is 339 g/mol. The van der Waals surface area contributed by atoms with E-state index in [9.17, 15) is 4.79 Å². The van der Waals surface area contributed by atoms with E-state index in [1.54, 1.807) is 12.4 Å². The molecule has 130 valence electrons. The Morgan fingerprint density at radius 3 is 2.84 bits per heavy atom. The fourth-order valence-electron chi connectivity index (χ4n) is 2.79. The number of aliphatic hydroxyl groups excluding tert-OH is 1. The molecule has 2 N–H and O–H groups in total. The lowest BCUT2D eigenvalue weighted by Gasteiger charge is -2.20. The predicted molar refractivity (Wildman–Crippen MR) is 93.9 cm³/mol. The molecule has 0 unspecified atom stereocenters. The molecule has 1 aromatic heterocycles. The summed E-state index contributed by atoms with van der Waals surface area (Å²) >= 11 is 0. The van der Waals surface area contributed by atoms with Gasteiger partial charge in [-0.3, -0.25) is 9.78 Å². The average Bonchev–Trinajstić information content (AvgIpc) is 3.17. The first-order chi connectivity index (χ1) is 12.3. The zero-order valence-corrected chi connectivity index (χ0v) is 13.8. The number of aromatic nitrogens is 1. The van der Waals surface area contributed by atoms with Crippen molar-refractivity contribution in [3.8, 4) is 0 Å². The van der Waals surface area contributed by atoms with E-state index in [0.717, 1.165) is 16.8 Å². The minimum atomic E-state index is -0.643. The van der Waals surface area contributed by atoms with E-state index in [1.807, 2.05) is 42.5 Å². The summed E-state index contributed by atoms with van der Waals surface area (Å²) in [6.45, 7) is 0.0907. The van der Waals surface area contributed by atoms with Crippen LogP contribution in [0.25, 0.3) is 0 Å². The maximum Gasteiger partial charge on any atom is 0.264 e. The van der Waals surface area contributed by atoms with Gasteiger partial charge in [0.1, 0.15) is 0 Å². The van der Waals surface area contributed by atoms with Crippen LogP contribution in [0.1, 0.15) is 36.4 Å². The second kappa shape index (κ2) is 8.39. The number of benzene rings is 1. The van der Waals surface area contributed by atoms with Crippen molar-refractivity contribution in [3.05, 3.63) is 66.0 Å². The van der Waals surface area contributed by atoms with Gasteiger partial charge in [-0.2, -0.15) is 0 Å². The van der Waals surface area contributed by atoms with Gasteiger partial charge in [-0.15, -0.1) is 0 Å². The van der Waals surface area contributed by atoms with Gasteiger partial charge in [-0.1, -0.05) is 35.5 Å². The molecule has 0 spiro atoms. The highest BCUT2D eigenvalue weighted by Gasteiger charge is 2.30. The molecule has 0 aliphatic carbocycles. The average molecular weight is 339 g/mol. The third-order valence-electron chi connectivity index (χ3n) is 4.13. The van der Waals surface area contributed by atoms with Crippen molar-refractivity contribution in [2.24, 2.45) is 5.16 Å². The van der Waals surface area contributed by atoms with Crippen molar-refractivity contribution in [2.75, 3.05) is 6.61 Å². The van der Waals surface area contributed by atoms with E-state index in [1.165, 1.54) is 0 Å². The number of oxime groups is 1. The molecule has 6 heteroatoms. The van der Waals surface area contributed by atoms with Gasteiger partial charge >= 0.3 is 0 Å². The number of hydrogen-bond donors (Lipinski definition) is 2. The zero-order chi connectivity index (χ0) is 17.5. The number of hydrogen-bond acceptors (Lipinski definition) is 5. The van der Waals surface area contributed by atoms with E-state index in [-0.39, 0.29) is 18.6 Å². The minimum Gasteiger partial charge on any atom is -0.396 e. The summed E-state index contributed by atoms with van der Waals surface area (Å²) in [7, 11) is 0. The van der Waals surface area contributed by atoms with Crippen molar-refractivity contribution in [1.29, 1.82) is 0 Å². The number of carbonyl (C=O) groups is 1. The van der Waals surface area contributed by atoms with Crippen molar-refractivity contribution in [1.82, 2.24) is 10.3 Å². The smallest absolute Gasteiger partial charge is 0.264 e. The number of amides is 1. The lowest BCUT2D eigenvalue weighted by atomic mass is 10.0. The van der Waals surface area contributed by atoms with Crippen LogP contribution in [0.3, 0.4) is 0 Å². The van der Waals surface area contributed by atoms with E-state index in [2.05, 4.69) is 15.5 Å². The molecule has 0 saturated heterocycles. The Bertz CT molecular complexity index is 719. The van der Waals surface area contributed by atoms with Gasteiger partial charge in [-0.05, 0) is 30.5 Å². The highest BCUT2D eigenvalue weighted by atomic mass is 16.6. The van der Waals surface area contributed by atoms with Crippen LogP contribution in [0.5, 0.6) is 0 Å². The summed E-state index contributed by atoms with van der Waals surface area (Å²) in [5.74, 6) is -0.200.